The molecule has 0 bridgehead atoms. The van der Waals surface area contributed by atoms with Gasteiger partial charge in [-0.1, -0.05) is 20.3 Å². The highest BCUT2D eigenvalue weighted by Crippen LogP contribution is 2.41. The Labute approximate surface area is 61.8 Å². The SMILES string of the molecule is CCCC1(C#N)OC1CC. The first-order valence-electron chi connectivity index (χ1n) is 3.88. The van der Waals surface area contributed by atoms with E-state index in [0.717, 1.165) is 19.3 Å². The molecule has 0 amide bonds. The lowest BCUT2D eigenvalue weighted by molar-refractivity contribution is 0.321. The normalized spacial score (nSPS) is 37.1. The summed E-state index contributed by atoms with van der Waals surface area (Å²) in [5.74, 6) is 0. The van der Waals surface area contributed by atoms with Crippen molar-refractivity contribution >= 4 is 0 Å². The van der Waals surface area contributed by atoms with Gasteiger partial charge in [-0.15, -0.1) is 0 Å². The molecule has 1 aliphatic heterocycles. The van der Waals surface area contributed by atoms with Crippen LogP contribution in [-0.4, -0.2) is 11.7 Å². The third kappa shape index (κ3) is 1.02. The first-order chi connectivity index (χ1) is 4.79. The minimum atomic E-state index is -0.385. The molecular formula is C8H13NO. The molecule has 2 heteroatoms. The lowest BCUT2D eigenvalue weighted by Crippen LogP contribution is -2.10. The van der Waals surface area contributed by atoms with E-state index in [2.05, 4.69) is 19.9 Å². The Balaban J connectivity index is 2.44. The van der Waals surface area contributed by atoms with Crippen LogP contribution in [-0.2, 0) is 4.74 Å². The van der Waals surface area contributed by atoms with Gasteiger partial charge in [0.2, 0.25) is 0 Å². The molecule has 0 aliphatic carbocycles. The average molecular weight is 139 g/mol. The van der Waals surface area contributed by atoms with E-state index in [-0.39, 0.29) is 11.7 Å². The number of ether oxygens (including phenoxy) is 1. The Morgan fingerprint density at radius 1 is 1.60 bits per heavy atom. The van der Waals surface area contributed by atoms with Crippen molar-refractivity contribution in [1.82, 2.24) is 0 Å². The van der Waals surface area contributed by atoms with Crippen LogP contribution in [0.1, 0.15) is 33.1 Å². The van der Waals surface area contributed by atoms with Gasteiger partial charge in [-0.05, 0) is 12.8 Å². The van der Waals surface area contributed by atoms with Crippen LogP contribution < -0.4 is 0 Å². The van der Waals surface area contributed by atoms with Crippen LogP contribution in [0.2, 0.25) is 0 Å². The maximum absolute atomic E-state index is 8.71. The van der Waals surface area contributed by atoms with Crippen molar-refractivity contribution in [2.75, 3.05) is 0 Å². The molecule has 1 fully saturated rings. The van der Waals surface area contributed by atoms with E-state index in [9.17, 15) is 0 Å². The van der Waals surface area contributed by atoms with Crippen molar-refractivity contribution in [3.63, 3.8) is 0 Å². The molecule has 0 spiro atoms. The predicted octanol–water partition coefficient (Wildman–Crippen LogP) is 1.86. The zero-order valence-corrected chi connectivity index (χ0v) is 6.55. The molecule has 2 nitrogen and oxygen atoms in total. The van der Waals surface area contributed by atoms with E-state index in [1.807, 2.05) is 0 Å². The summed E-state index contributed by atoms with van der Waals surface area (Å²) in [6.45, 7) is 4.13. The Morgan fingerprint density at radius 3 is 2.60 bits per heavy atom. The number of nitriles is 1. The Morgan fingerprint density at radius 2 is 2.30 bits per heavy atom. The van der Waals surface area contributed by atoms with Gasteiger partial charge in [-0.3, -0.25) is 0 Å². The fourth-order valence-electron chi connectivity index (χ4n) is 1.38. The van der Waals surface area contributed by atoms with E-state index < -0.39 is 0 Å². The van der Waals surface area contributed by atoms with E-state index >= 15 is 0 Å². The topological polar surface area (TPSA) is 36.3 Å². The van der Waals surface area contributed by atoms with Gasteiger partial charge in [0.05, 0.1) is 0 Å². The van der Waals surface area contributed by atoms with Crippen molar-refractivity contribution in [1.29, 1.82) is 5.26 Å². The summed E-state index contributed by atoms with van der Waals surface area (Å²) in [5.41, 5.74) is -0.385. The monoisotopic (exact) mass is 139 g/mol. The van der Waals surface area contributed by atoms with Crippen molar-refractivity contribution in [3.8, 4) is 6.07 Å². The van der Waals surface area contributed by atoms with Gasteiger partial charge < -0.3 is 4.74 Å². The molecule has 0 aromatic rings. The lowest BCUT2D eigenvalue weighted by atomic mass is 10.0. The molecule has 2 unspecified atom stereocenters. The van der Waals surface area contributed by atoms with Gasteiger partial charge in [0, 0.05) is 0 Å². The van der Waals surface area contributed by atoms with Crippen LogP contribution in [0, 0.1) is 11.3 Å². The van der Waals surface area contributed by atoms with Crippen LogP contribution in [0.25, 0.3) is 0 Å². The molecule has 1 heterocycles. The molecule has 56 valence electrons. The smallest absolute Gasteiger partial charge is 0.180 e. The van der Waals surface area contributed by atoms with E-state index in [0.29, 0.717) is 0 Å². The first-order valence-corrected chi connectivity index (χ1v) is 3.88. The largest absolute Gasteiger partial charge is 0.350 e. The highest BCUT2D eigenvalue weighted by Gasteiger charge is 2.54. The number of nitrogens with zero attached hydrogens (tertiary/aromatic N) is 1. The van der Waals surface area contributed by atoms with Crippen molar-refractivity contribution in [3.05, 3.63) is 0 Å². The summed E-state index contributed by atoms with van der Waals surface area (Å²) in [6.07, 6.45) is 3.11. The first kappa shape index (κ1) is 7.56. The second-order valence-electron chi connectivity index (χ2n) is 2.77. The molecule has 0 saturated carbocycles. The van der Waals surface area contributed by atoms with Gasteiger partial charge in [0.25, 0.3) is 0 Å². The highest BCUT2D eigenvalue weighted by molar-refractivity contribution is 5.17. The molecule has 2 atom stereocenters. The molecule has 0 aromatic carbocycles. The summed E-state index contributed by atoms with van der Waals surface area (Å²) in [7, 11) is 0. The lowest BCUT2D eigenvalue weighted by Gasteiger charge is -1.97. The Hall–Kier alpha value is -0.550. The fraction of sp³-hybridized carbons (Fsp3) is 0.875. The van der Waals surface area contributed by atoms with Crippen LogP contribution in [0.3, 0.4) is 0 Å². The predicted molar refractivity (Wildman–Crippen MR) is 38.4 cm³/mol. The third-order valence-electron chi connectivity index (χ3n) is 2.00. The van der Waals surface area contributed by atoms with E-state index in [1.54, 1.807) is 0 Å². The number of rotatable bonds is 3. The summed E-state index contributed by atoms with van der Waals surface area (Å²) < 4.78 is 5.28. The van der Waals surface area contributed by atoms with Crippen LogP contribution in [0.15, 0.2) is 0 Å². The standard InChI is InChI=1S/C8H13NO/c1-3-5-8(6-9)7(4-2)10-8/h7H,3-5H2,1-2H3. The average Bonchev–Trinajstić information content (AvgIpc) is 2.65. The van der Waals surface area contributed by atoms with Crippen molar-refractivity contribution in [2.45, 2.75) is 44.8 Å². The molecule has 0 aromatic heterocycles. The summed E-state index contributed by atoms with van der Waals surface area (Å²) in [4.78, 5) is 0. The molecule has 1 saturated heterocycles. The minimum absolute atomic E-state index is 0.220. The van der Waals surface area contributed by atoms with E-state index in [4.69, 9.17) is 10.00 Å². The molecular weight excluding hydrogens is 126 g/mol. The minimum Gasteiger partial charge on any atom is -0.350 e. The summed E-state index contributed by atoms with van der Waals surface area (Å²) >= 11 is 0. The van der Waals surface area contributed by atoms with Gasteiger partial charge in [-0.25, -0.2) is 0 Å². The zero-order valence-electron chi connectivity index (χ0n) is 6.55. The number of hydrogen-bond donors (Lipinski definition) is 0. The number of epoxide rings is 1. The second kappa shape index (κ2) is 2.59. The van der Waals surface area contributed by atoms with Crippen molar-refractivity contribution < 1.29 is 4.74 Å². The summed E-state index contributed by atoms with van der Waals surface area (Å²) in [6, 6.07) is 2.23. The van der Waals surface area contributed by atoms with Gasteiger partial charge in [0.1, 0.15) is 12.2 Å². The molecule has 1 rings (SSSR count). The molecule has 0 N–H and O–H groups in total. The molecule has 1 aliphatic rings. The highest BCUT2D eigenvalue weighted by atomic mass is 16.6. The number of hydrogen-bond acceptors (Lipinski definition) is 2. The van der Waals surface area contributed by atoms with E-state index in [1.165, 1.54) is 0 Å². The maximum atomic E-state index is 8.71. The second-order valence-corrected chi connectivity index (χ2v) is 2.77. The van der Waals surface area contributed by atoms with Gasteiger partial charge in [0.15, 0.2) is 5.60 Å². The Bertz CT molecular complexity index is 161. The van der Waals surface area contributed by atoms with Crippen LogP contribution in [0.5, 0.6) is 0 Å². The van der Waals surface area contributed by atoms with Crippen molar-refractivity contribution in [2.24, 2.45) is 0 Å². The van der Waals surface area contributed by atoms with Crippen LogP contribution in [0.4, 0.5) is 0 Å². The molecule has 0 radical (unpaired) electrons. The van der Waals surface area contributed by atoms with Gasteiger partial charge >= 0.3 is 0 Å². The fourth-order valence-corrected chi connectivity index (χ4v) is 1.38. The summed E-state index contributed by atoms with van der Waals surface area (Å²) in [5, 5.41) is 8.71. The maximum Gasteiger partial charge on any atom is 0.180 e. The quantitative estimate of drug-likeness (QED) is 0.559. The zero-order chi connectivity index (χ0) is 7.61. The van der Waals surface area contributed by atoms with Gasteiger partial charge in [-0.2, -0.15) is 5.26 Å². The van der Waals surface area contributed by atoms with Crippen LogP contribution >= 0.6 is 0 Å². The Kier molecular flexibility index (Phi) is 1.96. The molecule has 10 heavy (non-hydrogen) atoms. The third-order valence-corrected chi connectivity index (χ3v) is 2.00.